The Bertz CT molecular complexity index is 1240. The fraction of sp³-hybridized carbons (Fsp3) is 0.615. The monoisotopic (exact) mass is 552 g/mol. The quantitative estimate of drug-likeness (QED) is 0.493. The number of carbonyl (C=O) groups is 4. The zero-order valence-corrected chi connectivity index (χ0v) is 22.9. The molecule has 0 saturated carbocycles. The van der Waals surface area contributed by atoms with Gasteiger partial charge in [-0.05, 0) is 56.7 Å². The van der Waals surface area contributed by atoms with Crippen LogP contribution in [-0.4, -0.2) is 74.2 Å². The number of hydrogen-bond acceptors (Lipinski definition) is 6. The lowest BCUT2D eigenvalue weighted by Gasteiger charge is -2.32. The summed E-state index contributed by atoms with van der Waals surface area (Å²) in [7, 11) is 0. The number of Topliss-reactive ketones (excluding diaryl/α,β-unsaturated/α-hetero) is 1. The highest BCUT2D eigenvalue weighted by atomic mass is 19.4. The Morgan fingerprint density at radius 3 is 2.18 bits per heavy atom. The maximum Gasteiger partial charge on any atom is 0.452 e. The first kappa shape index (κ1) is 30.0. The van der Waals surface area contributed by atoms with Gasteiger partial charge >= 0.3 is 6.18 Å². The molecule has 1 aromatic heterocycles. The van der Waals surface area contributed by atoms with Gasteiger partial charge < -0.3 is 15.5 Å². The minimum absolute atomic E-state index is 0.0747. The Morgan fingerprint density at radius 1 is 0.974 bits per heavy atom. The summed E-state index contributed by atoms with van der Waals surface area (Å²) in [5, 5.41) is 13.2. The molecule has 0 bridgehead atoms. The molecule has 10 nitrogen and oxygen atoms in total. The van der Waals surface area contributed by atoms with Gasteiger partial charge in [-0.15, -0.1) is 5.10 Å². The summed E-state index contributed by atoms with van der Waals surface area (Å²) in [6.07, 6.45) is -4.43. The molecule has 2 heterocycles. The number of ketones is 1. The van der Waals surface area contributed by atoms with E-state index in [1.165, 1.54) is 18.7 Å². The van der Waals surface area contributed by atoms with Gasteiger partial charge in [0.15, 0.2) is 0 Å². The van der Waals surface area contributed by atoms with Crippen LogP contribution in [0.25, 0.3) is 11.0 Å². The summed E-state index contributed by atoms with van der Waals surface area (Å²) in [5.41, 5.74) is 1.55. The third kappa shape index (κ3) is 6.56. The molecule has 0 aliphatic carbocycles. The summed E-state index contributed by atoms with van der Waals surface area (Å²) in [6, 6.07) is 1.17. The lowest BCUT2D eigenvalue weighted by molar-refractivity contribution is -0.175. The summed E-state index contributed by atoms with van der Waals surface area (Å²) in [6.45, 7) is 10.4. The van der Waals surface area contributed by atoms with Gasteiger partial charge in [-0.2, -0.15) is 13.2 Å². The van der Waals surface area contributed by atoms with Crippen molar-refractivity contribution >= 4 is 34.5 Å². The highest BCUT2D eigenvalue weighted by Crippen LogP contribution is 2.24. The van der Waals surface area contributed by atoms with Gasteiger partial charge in [0, 0.05) is 18.2 Å². The Morgan fingerprint density at radius 2 is 1.62 bits per heavy atom. The molecule has 2 N–H and O–H groups in total. The van der Waals surface area contributed by atoms with Crippen LogP contribution < -0.4 is 10.6 Å². The van der Waals surface area contributed by atoms with Crippen molar-refractivity contribution < 1.29 is 32.3 Å². The van der Waals surface area contributed by atoms with Crippen LogP contribution in [-0.2, 0) is 14.4 Å². The van der Waals surface area contributed by atoms with Crippen molar-refractivity contribution in [2.75, 3.05) is 6.54 Å². The van der Waals surface area contributed by atoms with Gasteiger partial charge in [0.2, 0.25) is 11.8 Å². The highest BCUT2D eigenvalue weighted by Gasteiger charge is 2.46. The van der Waals surface area contributed by atoms with Gasteiger partial charge in [-0.1, -0.05) is 32.9 Å². The van der Waals surface area contributed by atoms with Gasteiger partial charge in [0.05, 0.1) is 11.6 Å². The van der Waals surface area contributed by atoms with Gasteiger partial charge in [0.25, 0.3) is 11.7 Å². The van der Waals surface area contributed by atoms with Crippen molar-refractivity contribution in [1.82, 2.24) is 30.5 Å². The Labute approximate surface area is 224 Å². The molecule has 13 heteroatoms. The minimum atomic E-state index is -5.10. The number of likely N-dealkylation sites (tertiary alicyclic amines) is 1. The van der Waals surface area contributed by atoms with E-state index in [-0.39, 0.29) is 30.5 Å². The number of carbonyl (C=O) groups excluding carboxylic acids is 4. The molecule has 1 fully saturated rings. The third-order valence-corrected chi connectivity index (χ3v) is 6.81. The topological polar surface area (TPSA) is 126 Å². The van der Waals surface area contributed by atoms with Crippen molar-refractivity contribution in [3.05, 3.63) is 23.8 Å². The number of nitrogens with zero attached hydrogens (tertiary/aromatic N) is 4. The molecule has 39 heavy (non-hydrogen) atoms. The van der Waals surface area contributed by atoms with Gasteiger partial charge in [0.1, 0.15) is 17.6 Å². The second-order valence-electron chi connectivity index (χ2n) is 10.8. The lowest BCUT2D eigenvalue weighted by atomic mass is 9.98. The van der Waals surface area contributed by atoms with Crippen LogP contribution in [0.1, 0.15) is 70.8 Å². The third-order valence-electron chi connectivity index (χ3n) is 6.81. The standard InChI is InChI=1S/C26H35F3N6O4/c1-13(2)20(22(36)26(27,28)29)30-24(38)19-8-7-11-34(19)25(39)21(14(3)4)31-23(37)16-9-10-18-17(12-16)32-33-35(18)15(5)6/h9-10,12-15,19-21H,7-8,11H2,1-6H3,(H,30,38)(H,31,37)/t19-,20-,21-/m0/s1. The molecule has 2 aromatic rings. The zero-order chi connectivity index (χ0) is 29.2. The Balaban J connectivity index is 1.76. The first-order valence-corrected chi connectivity index (χ1v) is 13.0. The Hall–Kier alpha value is -3.51. The molecule has 1 saturated heterocycles. The van der Waals surface area contributed by atoms with Crippen molar-refractivity contribution in [2.45, 2.75) is 84.7 Å². The highest BCUT2D eigenvalue weighted by molar-refractivity contribution is 6.01. The molecule has 0 spiro atoms. The van der Waals surface area contributed by atoms with E-state index in [1.54, 1.807) is 36.7 Å². The van der Waals surface area contributed by atoms with Crippen LogP contribution in [0.4, 0.5) is 13.2 Å². The summed E-state index contributed by atoms with van der Waals surface area (Å²) in [5.74, 6) is -5.07. The zero-order valence-electron chi connectivity index (χ0n) is 22.9. The maximum atomic E-state index is 13.5. The molecule has 3 atom stereocenters. The minimum Gasteiger partial charge on any atom is -0.344 e. The number of alkyl halides is 3. The molecule has 0 radical (unpaired) electrons. The van der Waals surface area contributed by atoms with Crippen LogP contribution >= 0.6 is 0 Å². The molecular weight excluding hydrogens is 517 g/mol. The second kappa shape index (κ2) is 11.7. The van der Waals surface area contributed by atoms with Gasteiger partial charge in [-0.25, -0.2) is 4.68 Å². The fourth-order valence-electron chi connectivity index (χ4n) is 4.65. The number of halogens is 3. The Kier molecular flexibility index (Phi) is 9.01. The average Bonchev–Trinajstić information content (AvgIpc) is 3.50. The first-order valence-electron chi connectivity index (χ1n) is 13.0. The number of aromatic nitrogens is 3. The predicted molar refractivity (Wildman–Crippen MR) is 137 cm³/mol. The molecule has 1 aromatic carbocycles. The van der Waals surface area contributed by atoms with E-state index in [0.29, 0.717) is 11.9 Å². The maximum absolute atomic E-state index is 13.5. The SMILES string of the molecule is CC(C)[C@H](NC(=O)c1ccc2c(c1)nnn2C(C)C)C(=O)N1CCC[C@H]1C(=O)N[C@H](C(=O)C(F)(F)F)C(C)C. The largest absolute Gasteiger partial charge is 0.452 e. The van der Waals surface area contributed by atoms with E-state index in [0.717, 1.165) is 5.52 Å². The van der Waals surface area contributed by atoms with Crippen LogP contribution in [0, 0.1) is 11.8 Å². The lowest BCUT2D eigenvalue weighted by Crippen LogP contribution is -2.58. The molecule has 3 rings (SSSR count). The average molecular weight is 553 g/mol. The fourth-order valence-corrected chi connectivity index (χ4v) is 4.65. The molecule has 1 aliphatic rings. The summed E-state index contributed by atoms with van der Waals surface area (Å²) >= 11 is 0. The van der Waals surface area contributed by atoms with E-state index < -0.39 is 53.7 Å². The summed E-state index contributed by atoms with van der Waals surface area (Å²) < 4.78 is 40.9. The molecule has 3 amide bonds. The van der Waals surface area contributed by atoms with Crippen molar-refractivity contribution in [3.63, 3.8) is 0 Å². The first-order chi connectivity index (χ1) is 18.1. The van der Waals surface area contributed by atoms with E-state index in [4.69, 9.17) is 0 Å². The number of fused-ring (bicyclic) bond motifs is 1. The van der Waals surface area contributed by atoms with Crippen molar-refractivity contribution in [2.24, 2.45) is 11.8 Å². The number of hydrogen-bond donors (Lipinski definition) is 2. The van der Waals surface area contributed by atoms with E-state index >= 15 is 0 Å². The number of nitrogens with one attached hydrogen (secondary N) is 2. The molecule has 1 aliphatic heterocycles. The molecular formula is C26H35F3N6O4. The van der Waals surface area contributed by atoms with E-state index in [1.807, 2.05) is 13.8 Å². The number of benzene rings is 1. The van der Waals surface area contributed by atoms with Crippen molar-refractivity contribution in [3.8, 4) is 0 Å². The van der Waals surface area contributed by atoms with E-state index in [9.17, 15) is 32.3 Å². The number of rotatable bonds is 9. The predicted octanol–water partition coefficient (Wildman–Crippen LogP) is 3.03. The smallest absolute Gasteiger partial charge is 0.344 e. The van der Waals surface area contributed by atoms with Crippen LogP contribution in [0.15, 0.2) is 18.2 Å². The summed E-state index contributed by atoms with van der Waals surface area (Å²) in [4.78, 5) is 52.8. The molecule has 214 valence electrons. The number of amides is 3. The second-order valence-corrected chi connectivity index (χ2v) is 10.8. The van der Waals surface area contributed by atoms with Gasteiger partial charge in [-0.3, -0.25) is 19.2 Å². The van der Waals surface area contributed by atoms with Crippen LogP contribution in [0.5, 0.6) is 0 Å². The van der Waals surface area contributed by atoms with Crippen molar-refractivity contribution in [1.29, 1.82) is 0 Å². The molecule has 0 unspecified atom stereocenters. The normalized spacial score (nSPS) is 17.6. The van der Waals surface area contributed by atoms with E-state index in [2.05, 4.69) is 20.9 Å². The van der Waals surface area contributed by atoms with Crippen LogP contribution in [0.2, 0.25) is 0 Å². The van der Waals surface area contributed by atoms with Crippen LogP contribution in [0.3, 0.4) is 0 Å².